The number of benzene rings is 2. The average Bonchev–Trinajstić information content (AvgIpc) is 2.61. The molecular weight excluding hydrogens is 302 g/mol. The molecule has 1 amide bonds. The Kier molecular flexibility index (Phi) is 4.38. The highest BCUT2D eigenvalue weighted by atomic mass is 16.4. The van der Waals surface area contributed by atoms with Crippen molar-refractivity contribution in [3.63, 3.8) is 0 Å². The van der Waals surface area contributed by atoms with Crippen molar-refractivity contribution in [2.45, 2.75) is 31.1 Å². The van der Waals surface area contributed by atoms with Gasteiger partial charge in [0.1, 0.15) is 0 Å². The van der Waals surface area contributed by atoms with Crippen molar-refractivity contribution >= 4 is 11.9 Å². The van der Waals surface area contributed by atoms with E-state index in [-0.39, 0.29) is 5.91 Å². The van der Waals surface area contributed by atoms with E-state index < -0.39 is 17.3 Å². The third-order valence-corrected chi connectivity index (χ3v) is 4.89. The van der Waals surface area contributed by atoms with E-state index in [1.807, 2.05) is 61.5 Å². The molecule has 0 bridgehead atoms. The Balaban J connectivity index is 2.25. The molecule has 24 heavy (non-hydrogen) atoms. The molecule has 2 atom stereocenters. The number of carboxylic acids is 1. The third kappa shape index (κ3) is 2.48. The van der Waals surface area contributed by atoms with Crippen molar-refractivity contribution in [2.75, 3.05) is 6.54 Å². The summed E-state index contributed by atoms with van der Waals surface area (Å²) in [6.45, 7) is 2.43. The van der Waals surface area contributed by atoms with E-state index in [0.29, 0.717) is 19.4 Å². The number of likely N-dealkylation sites (N-methyl/N-ethyl adjacent to an activating group) is 1. The molecule has 4 heteroatoms. The summed E-state index contributed by atoms with van der Waals surface area (Å²) in [5.74, 6) is -1.46. The molecule has 2 aromatic carbocycles. The Hall–Kier alpha value is -2.62. The molecule has 0 heterocycles. The third-order valence-electron chi connectivity index (χ3n) is 4.89. The monoisotopic (exact) mass is 323 g/mol. The summed E-state index contributed by atoms with van der Waals surface area (Å²) in [6.07, 6.45) is 0.926. The van der Waals surface area contributed by atoms with Crippen molar-refractivity contribution in [2.24, 2.45) is 0 Å². The number of fused-ring (bicyclic) bond motifs is 1. The van der Waals surface area contributed by atoms with Gasteiger partial charge >= 0.3 is 5.97 Å². The molecular formula is C20H21NO3. The van der Waals surface area contributed by atoms with E-state index in [9.17, 15) is 14.7 Å². The molecule has 124 valence electrons. The molecule has 0 spiro atoms. The Morgan fingerprint density at radius 3 is 2.46 bits per heavy atom. The number of nitrogens with one attached hydrogen (secondary N) is 1. The molecule has 4 nitrogen and oxygen atoms in total. The molecule has 3 rings (SSSR count). The summed E-state index contributed by atoms with van der Waals surface area (Å²) in [5, 5.41) is 12.5. The highest BCUT2D eigenvalue weighted by Crippen LogP contribution is 2.47. The number of carbonyl (C=O) groups is 2. The molecule has 0 aromatic heterocycles. The van der Waals surface area contributed by atoms with Crippen molar-refractivity contribution in [1.82, 2.24) is 5.32 Å². The number of aliphatic carboxylic acids is 1. The van der Waals surface area contributed by atoms with Gasteiger partial charge in [0.15, 0.2) is 0 Å². The van der Waals surface area contributed by atoms with Gasteiger partial charge in [-0.25, -0.2) is 0 Å². The Morgan fingerprint density at radius 1 is 1.12 bits per heavy atom. The molecule has 1 aliphatic rings. The number of carbonyl (C=O) groups excluding carboxylic acids is 1. The lowest BCUT2D eigenvalue weighted by atomic mass is 9.62. The number of rotatable bonds is 4. The van der Waals surface area contributed by atoms with Crippen LogP contribution in [0.1, 0.15) is 42.4 Å². The van der Waals surface area contributed by atoms with Gasteiger partial charge in [0.05, 0.1) is 11.3 Å². The Morgan fingerprint density at radius 2 is 1.79 bits per heavy atom. The van der Waals surface area contributed by atoms with Gasteiger partial charge in [-0.1, -0.05) is 54.6 Å². The van der Waals surface area contributed by atoms with Crippen LogP contribution in [-0.2, 0) is 15.0 Å². The van der Waals surface area contributed by atoms with Gasteiger partial charge in [0.2, 0.25) is 5.91 Å². The SMILES string of the molecule is CCNC(=O)C1(c2ccccc2)CCC(C(=O)O)c2ccccc21. The van der Waals surface area contributed by atoms with E-state index in [1.54, 1.807) is 0 Å². The first-order valence-electron chi connectivity index (χ1n) is 8.27. The summed E-state index contributed by atoms with van der Waals surface area (Å²) < 4.78 is 0. The molecule has 0 fully saturated rings. The fraction of sp³-hybridized carbons (Fsp3) is 0.300. The van der Waals surface area contributed by atoms with Crippen LogP contribution in [0.25, 0.3) is 0 Å². The van der Waals surface area contributed by atoms with Crippen molar-refractivity contribution in [3.8, 4) is 0 Å². The van der Waals surface area contributed by atoms with Crippen LogP contribution < -0.4 is 5.32 Å². The van der Waals surface area contributed by atoms with Gasteiger partial charge in [0, 0.05) is 6.54 Å². The molecule has 2 unspecified atom stereocenters. The molecule has 0 aliphatic heterocycles. The first kappa shape index (κ1) is 16.2. The van der Waals surface area contributed by atoms with E-state index in [2.05, 4.69) is 5.32 Å². The van der Waals surface area contributed by atoms with Crippen LogP contribution in [0, 0.1) is 0 Å². The smallest absolute Gasteiger partial charge is 0.310 e. The minimum absolute atomic E-state index is 0.0625. The molecule has 0 saturated heterocycles. The minimum Gasteiger partial charge on any atom is -0.481 e. The van der Waals surface area contributed by atoms with Crippen LogP contribution in [0.3, 0.4) is 0 Å². The van der Waals surface area contributed by atoms with Gasteiger partial charge in [-0.05, 0) is 36.5 Å². The summed E-state index contributed by atoms with van der Waals surface area (Å²) in [5.41, 5.74) is 1.62. The van der Waals surface area contributed by atoms with Crippen LogP contribution in [0.2, 0.25) is 0 Å². The quantitative estimate of drug-likeness (QED) is 0.909. The predicted octanol–water partition coefficient (Wildman–Crippen LogP) is 3.07. The topological polar surface area (TPSA) is 66.4 Å². The summed E-state index contributed by atoms with van der Waals surface area (Å²) >= 11 is 0. The fourth-order valence-electron chi connectivity index (χ4n) is 3.80. The second-order valence-electron chi connectivity index (χ2n) is 6.15. The van der Waals surface area contributed by atoms with Crippen molar-refractivity contribution < 1.29 is 14.7 Å². The molecule has 1 aliphatic carbocycles. The van der Waals surface area contributed by atoms with Crippen LogP contribution in [0.5, 0.6) is 0 Å². The average molecular weight is 323 g/mol. The Bertz CT molecular complexity index is 756. The minimum atomic E-state index is -0.834. The van der Waals surface area contributed by atoms with Crippen molar-refractivity contribution in [1.29, 1.82) is 0 Å². The number of hydrogen-bond donors (Lipinski definition) is 2. The zero-order valence-corrected chi connectivity index (χ0v) is 13.7. The van der Waals surface area contributed by atoms with Crippen molar-refractivity contribution in [3.05, 3.63) is 71.3 Å². The molecule has 2 aromatic rings. The van der Waals surface area contributed by atoms with E-state index in [0.717, 1.165) is 16.7 Å². The fourth-order valence-corrected chi connectivity index (χ4v) is 3.80. The number of carboxylic acid groups (broad SMARTS) is 1. The maximum Gasteiger partial charge on any atom is 0.310 e. The van der Waals surface area contributed by atoms with Crippen LogP contribution in [0.15, 0.2) is 54.6 Å². The first-order valence-corrected chi connectivity index (χ1v) is 8.27. The van der Waals surface area contributed by atoms with Gasteiger partial charge in [0.25, 0.3) is 0 Å². The number of amides is 1. The van der Waals surface area contributed by atoms with E-state index >= 15 is 0 Å². The highest BCUT2D eigenvalue weighted by molar-refractivity contribution is 5.94. The lowest BCUT2D eigenvalue weighted by molar-refractivity contribution is -0.140. The van der Waals surface area contributed by atoms with E-state index in [4.69, 9.17) is 0 Å². The predicted molar refractivity (Wildman–Crippen MR) is 92.0 cm³/mol. The lowest BCUT2D eigenvalue weighted by Gasteiger charge is -2.40. The van der Waals surface area contributed by atoms with Gasteiger partial charge < -0.3 is 10.4 Å². The summed E-state index contributed by atoms with van der Waals surface area (Å²) in [4.78, 5) is 24.8. The van der Waals surface area contributed by atoms with Crippen LogP contribution in [-0.4, -0.2) is 23.5 Å². The van der Waals surface area contributed by atoms with E-state index in [1.165, 1.54) is 0 Å². The van der Waals surface area contributed by atoms with Crippen LogP contribution >= 0.6 is 0 Å². The number of hydrogen-bond acceptors (Lipinski definition) is 2. The second kappa shape index (κ2) is 6.48. The van der Waals surface area contributed by atoms with Crippen LogP contribution in [0.4, 0.5) is 0 Å². The highest BCUT2D eigenvalue weighted by Gasteiger charge is 2.47. The first-order chi connectivity index (χ1) is 11.6. The second-order valence-corrected chi connectivity index (χ2v) is 6.15. The maximum absolute atomic E-state index is 13.1. The largest absolute Gasteiger partial charge is 0.481 e. The van der Waals surface area contributed by atoms with Gasteiger partial charge in [-0.15, -0.1) is 0 Å². The molecule has 0 radical (unpaired) electrons. The summed E-state index contributed by atoms with van der Waals surface area (Å²) in [7, 11) is 0. The molecule has 0 saturated carbocycles. The standard InChI is InChI=1S/C20H21NO3/c1-2-21-19(24)20(14-8-4-3-5-9-14)13-12-16(18(22)23)15-10-6-7-11-17(15)20/h3-11,16H,2,12-13H2,1H3,(H,21,24)(H,22,23). The molecule has 2 N–H and O–H groups in total. The maximum atomic E-state index is 13.1. The normalized spacial score (nSPS) is 22.5. The zero-order chi connectivity index (χ0) is 17.2. The summed E-state index contributed by atoms with van der Waals surface area (Å²) in [6, 6.07) is 17.1. The van der Waals surface area contributed by atoms with Gasteiger partial charge in [-0.2, -0.15) is 0 Å². The lowest BCUT2D eigenvalue weighted by Crippen LogP contribution is -2.48. The Labute approximate surface area is 141 Å². The zero-order valence-electron chi connectivity index (χ0n) is 13.7. The van der Waals surface area contributed by atoms with Gasteiger partial charge in [-0.3, -0.25) is 9.59 Å².